The normalized spacial score (nSPS) is 29.1. The number of morpholine rings is 1. The fourth-order valence-corrected chi connectivity index (χ4v) is 4.26. The van der Waals surface area contributed by atoms with Gasteiger partial charge >= 0.3 is 0 Å². The maximum Gasteiger partial charge on any atom is 0.168 e. The van der Waals surface area contributed by atoms with E-state index in [2.05, 4.69) is 35.2 Å². The molecule has 4 rings (SSSR count). The second-order valence-corrected chi connectivity index (χ2v) is 7.05. The Hall–Kier alpha value is -0.940. The minimum Gasteiger partial charge on any atom is -0.378 e. The summed E-state index contributed by atoms with van der Waals surface area (Å²) in [4.78, 5) is 2.62. The van der Waals surface area contributed by atoms with Crippen LogP contribution in [0.3, 0.4) is 0 Å². The van der Waals surface area contributed by atoms with Crippen LogP contribution in [0, 0.1) is 5.92 Å². The first-order valence-electron chi connectivity index (χ1n) is 8.99. The second kappa shape index (κ2) is 6.89. The lowest BCUT2D eigenvalue weighted by atomic mass is 9.84. The van der Waals surface area contributed by atoms with Gasteiger partial charge in [-0.15, -0.1) is 0 Å². The molecule has 1 atom stereocenters. The summed E-state index contributed by atoms with van der Waals surface area (Å²) < 4.78 is 17.5. The van der Waals surface area contributed by atoms with Crippen LogP contribution in [-0.4, -0.2) is 50.2 Å². The summed E-state index contributed by atoms with van der Waals surface area (Å²) in [6, 6.07) is 11.2. The first kappa shape index (κ1) is 15.6. The molecule has 2 saturated heterocycles. The van der Waals surface area contributed by atoms with Crippen LogP contribution in [-0.2, 0) is 14.2 Å². The summed E-state index contributed by atoms with van der Waals surface area (Å²) in [6.07, 6.45) is 4.52. The highest BCUT2D eigenvalue weighted by Gasteiger charge is 2.41. The molecule has 0 aromatic heterocycles. The van der Waals surface area contributed by atoms with Crippen molar-refractivity contribution in [2.75, 3.05) is 39.5 Å². The van der Waals surface area contributed by atoms with E-state index in [-0.39, 0.29) is 5.79 Å². The molecule has 1 aromatic rings. The van der Waals surface area contributed by atoms with Crippen molar-refractivity contribution in [2.45, 2.75) is 37.5 Å². The van der Waals surface area contributed by atoms with Crippen molar-refractivity contribution in [1.82, 2.24) is 4.90 Å². The predicted molar refractivity (Wildman–Crippen MR) is 88.2 cm³/mol. The van der Waals surface area contributed by atoms with Gasteiger partial charge in [0.1, 0.15) is 0 Å². The molecule has 3 fully saturated rings. The Morgan fingerprint density at radius 2 is 1.74 bits per heavy atom. The number of hydrogen-bond acceptors (Lipinski definition) is 4. The number of hydrogen-bond donors (Lipinski definition) is 0. The van der Waals surface area contributed by atoms with E-state index >= 15 is 0 Å². The molecule has 126 valence electrons. The Bertz CT molecular complexity index is 491. The van der Waals surface area contributed by atoms with Crippen molar-refractivity contribution in [3.8, 4) is 0 Å². The topological polar surface area (TPSA) is 30.9 Å². The van der Waals surface area contributed by atoms with Crippen LogP contribution in [0.25, 0.3) is 0 Å². The Morgan fingerprint density at radius 1 is 1.00 bits per heavy atom. The molecule has 0 radical (unpaired) electrons. The van der Waals surface area contributed by atoms with E-state index in [0.29, 0.717) is 6.04 Å². The Kier molecular flexibility index (Phi) is 4.67. The molecule has 0 amide bonds. The Morgan fingerprint density at radius 3 is 2.48 bits per heavy atom. The van der Waals surface area contributed by atoms with Crippen molar-refractivity contribution >= 4 is 0 Å². The van der Waals surface area contributed by atoms with Crippen LogP contribution in [0.5, 0.6) is 0 Å². The minimum atomic E-state index is -0.236. The third-order valence-electron chi connectivity index (χ3n) is 5.60. The van der Waals surface area contributed by atoms with Crippen LogP contribution in [0.4, 0.5) is 0 Å². The standard InChI is InChI=1S/C19H27NO3/c1-2-4-17(5-3-1)18-15-21-11-10-20(18)14-16-6-8-19(9-7-16)22-12-13-23-19/h1-5,16,18H,6-15H2/t18-/m0/s1. The van der Waals surface area contributed by atoms with Crippen LogP contribution in [0.2, 0.25) is 0 Å². The molecule has 2 heterocycles. The highest BCUT2D eigenvalue weighted by molar-refractivity contribution is 5.19. The first-order chi connectivity index (χ1) is 11.3. The van der Waals surface area contributed by atoms with E-state index in [1.165, 1.54) is 24.9 Å². The van der Waals surface area contributed by atoms with Crippen molar-refractivity contribution in [2.24, 2.45) is 5.92 Å². The predicted octanol–water partition coefficient (Wildman–Crippen LogP) is 2.99. The molecular weight excluding hydrogens is 290 g/mol. The van der Waals surface area contributed by atoms with E-state index in [1.54, 1.807) is 0 Å². The van der Waals surface area contributed by atoms with E-state index < -0.39 is 0 Å². The number of benzene rings is 1. The van der Waals surface area contributed by atoms with Crippen LogP contribution in [0.15, 0.2) is 30.3 Å². The van der Waals surface area contributed by atoms with Crippen LogP contribution in [0.1, 0.15) is 37.3 Å². The van der Waals surface area contributed by atoms with Gasteiger partial charge in [-0.25, -0.2) is 0 Å². The molecule has 1 aromatic carbocycles. The number of rotatable bonds is 3. The van der Waals surface area contributed by atoms with Crippen molar-refractivity contribution < 1.29 is 14.2 Å². The van der Waals surface area contributed by atoms with Gasteiger partial charge < -0.3 is 14.2 Å². The lowest BCUT2D eigenvalue weighted by molar-refractivity contribution is -0.184. The van der Waals surface area contributed by atoms with Gasteiger partial charge in [-0.1, -0.05) is 30.3 Å². The quantitative estimate of drug-likeness (QED) is 0.857. The summed E-state index contributed by atoms with van der Waals surface area (Å²) >= 11 is 0. The molecule has 2 aliphatic heterocycles. The molecule has 4 heteroatoms. The van der Waals surface area contributed by atoms with Gasteiger partial charge in [-0.3, -0.25) is 4.90 Å². The molecule has 23 heavy (non-hydrogen) atoms. The fraction of sp³-hybridized carbons (Fsp3) is 0.684. The van der Waals surface area contributed by atoms with Crippen LogP contribution < -0.4 is 0 Å². The number of nitrogens with zero attached hydrogens (tertiary/aromatic N) is 1. The fourth-order valence-electron chi connectivity index (χ4n) is 4.26. The molecule has 4 nitrogen and oxygen atoms in total. The van der Waals surface area contributed by atoms with Gasteiger partial charge in [0.05, 0.1) is 32.5 Å². The second-order valence-electron chi connectivity index (χ2n) is 7.05. The molecular formula is C19H27NO3. The highest BCUT2D eigenvalue weighted by Crippen LogP contribution is 2.39. The lowest BCUT2D eigenvalue weighted by Crippen LogP contribution is -2.44. The Labute approximate surface area is 138 Å². The van der Waals surface area contributed by atoms with Crippen molar-refractivity contribution in [3.63, 3.8) is 0 Å². The summed E-state index contributed by atoms with van der Waals surface area (Å²) in [7, 11) is 0. The average Bonchev–Trinajstić information content (AvgIpc) is 3.07. The zero-order chi connectivity index (χ0) is 15.5. The summed E-state index contributed by atoms with van der Waals surface area (Å²) in [6.45, 7) is 5.40. The monoisotopic (exact) mass is 317 g/mol. The largest absolute Gasteiger partial charge is 0.378 e. The van der Waals surface area contributed by atoms with E-state index in [9.17, 15) is 0 Å². The number of ether oxygens (including phenoxy) is 3. The van der Waals surface area contributed by atoms with Gasteiger partial charge in [0.15, 0.2) is 5.79 Å². The zero-order valence-electron chi connectivity index (χ0n) is 13.8. The van der Waals surface area contributed by atoms with Gasteiger partial charge in [-0.2, -0.15) is 0 Å². The van der Waals surface area contributed by atoms with E-state index in [0.717, 1.165) is 51.7 Å². The lowest BCUT2D eigenvalue weighted by Gasteiger charge is -2.41. The van der Waals surface area contributed by atoms with Gasteiger partial charge in [0.2, 0.25) is 0 Å². The third-order valence-corrected chi connectivity index (χ3v) is 5.60. The molecule has 1 spiro atoms. The molecule has 1 aliphatic carbocycles. The molecule has 3 aliphatic rings. The zero-order valence-corrected chi connectivity index (χ0v) is 13.8. The molecule has 1 saturated carbocycles. The van der Waals surface area contributed by atoms with Crippen molar-refractivity contribution in [3.05, 3.63) is 35.9 Å². The van der Waals surface area contributed by atoms with Gasteiger partial charge in [-0.05, 0) is 24.3 Å². The SMILES string of the molecule is c1ccc([C@@H]2COCCN2CC2CCC3(CC2)OCCO3)cc1. The smallest absolute Gasteiger partial charge is 0.168 e. The first-order valence-corrected chi connectivity index (χ1v) is 8.99. The highest BCUT2D eigenvalue weighted by atomic mass is 16.7. The summed E-state index contributed by atoms with van der Waals surface area (Å²) in [5.74, 6) is 0.512. The maximum absolute atomic E-state index is 5.85. The summed E-state index contributed by atoms with van der Waals surface area (Å²) in [5.41, 5.74) is 1.38. The van der Waals surface area contributed by atoms with Gasteiger partial charge in [0, 0.05) is 25.9 Å². The van der Waals surface area contributed by atoms with E-state index in [4.69, 9.17) is 14.2 Å². The summed E-state index contributed by atoms with van der Waals surface area (Å²) in [5, 5.41) is 0. The maximum atomic E-state index is 5.85. The molecule has 0 N–H and O–H groups in total. The average molecular weight is 317 g/mol. The Balaban J connectivity index is 1.37. The van der Waals surface area contributed by atoms with Gasteiger partial charge in [0.25, 0.3) is 0 Å². The van der Waals surface area contributed by atoms with Crippen LogP contribution >= 0.6 is 0 Å². The molecule has 0 bridgehead atoms. The van der Waals surface area contributed by atoms with E-state index in [1.807, 2.05) is 0 Å². The van der Waals surface area contributed by atoms with Crippen molar-refractivity contribution in [1.29, 1.82) is 0 Å². The molecule has 0 unspecified atom stereocenters. The minimum absolute atomic E-state index is 0.236. The third kappa shape index (κ3) is 3.45.